The summed E-state index contributed by atoms with van der Waals surface area (Å²) in [6.45, 7) is 0. The first-order chi connectivity index (χ1) is 9.85. The van der Waals surface area contributed by atoms with E-state index in [4.69, 9.17) is 10.00 Å². The Balaban J connectivity index is 1.75. The summed E-state index contributed by atoms with van der Waals surface area (Å²) in [5.41, 5.74) is 2.87. The molecule has 0 saturated heterocycles. The third-order valence-electron chi connectivity index (χ3n) is 2.91. The van der Waals surface area contributed by atoms with Crippen LogP contribution in [0.4, 0.5) is 0 Å². The highest BCUT2D eigenvalue weighted by atomic mass is 32.1. The molecule has 20 heavy (non-hydrogen) atoms. The first-order valence-corrected chi connectivity index (χ1v) is 6.94. The zero-order chi connectivity index (χ0) is 13.8. The molecule has 0 amide bonds. The quantitative estimate of drug-likeness (QED) is 0.726. The Kier molecular flexibility index (Phi) is 3.57. The molecule has 98 valence electrons. The van der Waals surface area contributed by atoms with Crippen molar-refractivity contribution in [3.63, 3.8) is 0 Å². The minimum atomic E-state index is 0.535. The van der Waals surface area contributed by atoms with Gasteiger partial charge in [-0.25, -0.2) is 0 Å². The maximum absolute atomic E-state index is 8.56. The van der Waals surface area contributed by atoms with E-state index in [0.29, 0.717) is 6.42 Å². The molecule has 0 atom stereocenters. The van der Waals surface area contributed by atoms with Gasteiger partial charge in [-0.2, -0.15) is 14.0 Å². The van der Waals surface area contributed by atoms with E-state index in [1.807, 2.05) is 42.5 Å². The molecule has 2 aromatic carbocycles. The lowest BCUT2D eigenvalue weighted by Gasteiger charge is -2.06. The molecule has 0 spiro atoms. The molecular weight excluding hydrogens is 270 g/mol. The number of hydrogen-bond acceptors (Lipinski definition) is 5. The van der Waals surface area contributed by atoms with Gasteiger partial charge in [0.1, 0.15) is 22.5 Å². The Morgan fingerprint density at radius 1 is 1.00 bits per heavy atom. The zero-order valence-electron chi connectivity index (χ0n) is 10.6. The lowest BCUT2D eigenvalue weighted by molar-refractivity contribution is 0.483. The van der Waals surface area contributed by atoms with Crippen LogP contribution in [-0.4, -0.2) is 8.75 Å². The summed E-state index contributed by atoms with van der Waals surface area (Å²) >= 11 is 1.20. The number of aromatic nitrogens is 2. The second kappa shape index (κ2) is 5.68. The van der Waals surface area contributed by atoms with Crippen molar-refractivity contribution < 1.29 is 4.74 Å². The number of fused-ring (bicyclic) bond motifs is 1. The van der Waals surface area contributed by atoms with E-state index < -0.39 is 0 Å². The molecule has 0 aliphatic heterocycles. The second-order valence-electron chi connectivity index (χ2n) is 4.32. The number of nitriles is 1. The predicted octanol–water partition coefficient (Wildman–Crippen LogP) is 3.94. The molecule has 0 unspecified atom stereocenters. The largest absolute Gasteiger partial charge is 0.457 e. The van der Waals surface area contributed by atoms with Gasteiger partial charge >= 0.3 is 0 Å². The van der Waals surface area contributed by atoms with Gasteiger partial charge in [-0.15, -0.1) is 0 Å². The summed E-state index contributed by atoms with van der Waals surface area (Å²) in [5, 5.41) is 8.56. The van der Waals surface area contributed by atoms with Gasteiger partial charge in [0, 0.05) is 12.5 Å². The van der Waals surface area contributed by atoms with Gasteiger partial charge in [0.25, 0.3) is 0 Å². The summed E-state index contributed by atoms with van der Waals surface area (Å²) in [7, 11) is 0. The van der Waals surface area contributed by atoms with Gasteiger partial charge in [0.2, 0.25) is 0 Å². The van der Waals surface area contributed by atoms with Crippen LogP contribution in [0.2, 0.25) is 0 Å². The van der Waals surface area contributed by atoms with E-state index >= 15 is 0 Å². The normalized spacial score (nSPS) is 10.3. The molecule has 0 bridgehead atoms. The first kappa shape index (κ1) is 12.6. The van der Waals surface area contributed by atoms with Gasteiger partial charge < -0.3 is 4.74 Å². The fraction of sp³-hybridized carbons (Fsp3) is 0.133. The second-order valence-corrected chi connectivity index (χ2v) is 4.85. The van der Waals surface area contributed by atoms with Crippen LogP contribution in [0.1, 0.15) is 12.0 Å². The summed E-state index contributed by atoms with van der Waals surface area (Å²) in [4.78, 5) is 0. The summed E-state index contributed by atoms with van der Waals surface area (Å²) in [5.74, 6) is 1.52. The van der Waals surface area contributed by atoms with Crippen molar-refractivity contribution in [2.24, 2.45) is 0 Å². The number of rotatable bonds is 4. The SMILES string of the molecule is N#CCCc1ccc(Oc2ccc3nsnc3c2)cc1. The van der Waals surface area contributed by atoms with Crippen LogP contribution in [0, 0.1) is 11.3 Å². The van der Waals surface area contributed by atoms with Crippen molar-refractivity contribution >= 4 is 22.8 Å². The fourth-order valence-electron chi connectivity index (χ4n) is 1.89. The van der Waals surface area contributed by atoms with E-state index in [1.54, 1.807) is 0 Å². The smallest absolute Gasteiger partial charge is 0.129 e. The van der Waals surface area contributed by atoms with Gasteiger partial charge in [-0.3, -0.25) is 0 Å². The predicted molar refractivity (Wildman–Crippen MR) is 77.9 cm³/mol. The molecule has 0 N–H and O–H groups in total. The molecule has 3 aromatic rings. The van der Waals surface area contributed by atoms with Gasteiger partial charge in [-0.05, 0) is 36.2 Å². The average molecular weight is 281 g/mol. The molecule has 3 rings (SSSR count). The van der Waals surface area contributed by atoms with Gasteiger partial charge in [0.15, 0.2) is 0 Å². The standard InChI is InChI=1S/C15H11N3OS/c16-9-1-2-11-3-5-12(6-4-11)19-13-7-8-14-15(10-13)18-20-17-14/h3-8,10H,1-2H2. The highest BCUT2D eigenvalue weighted by molar-refractivity contribution is 7.00. The zero-order valence-corrected chi connectivity index (χ0v) is 11.4. The van der Waals surface area contributed by atoms with E-state index in [0.717, 1.165) is 34.5 Å². The number of ether oxygens (including phenoxy) is 1. The molecule has 1 heterocycles. The summed E-state index contributed by atoms with van der Waals surface area (Å²) in [6, 6.07) is 15.6. The van der Waals surface area contributed by atoms with Crippen molar-refractivity contribution in [2.45, 2.75) is 12.8 Å². The molecule has 1 aromatic heterocycles. The summed E-state index contributed by atoms with van der Waals surface area (Å²) in [6.07, 6.45) is 1.31. The fourth-order valence-corrected chi connectivity index (χ4v) is 2.40. The average Bonchev–Trinajstić information content (AvgIpc) is 2.94. The van der Waals surface area contributed by atoms with Crippen LogP contribution in [0.25, 0.3) is 11.0 Å². The van der Waals surface area contributed by atoms with E-state index in [9.17, 15) is 0 Å². The molecule has 0 fully saturated rings. The molecule has 0 radical (unpaired) electrons. The summed E-state index contributed by atoms with van der Waals surface area (Å²) < 4.78 is 14.1. The Labute approximate surface area is 120 Å². The minimum Gasteiger partial charge on any atom is -0.457 e. The van der Waals surface area contributed by atoms with E-state index in [-0.39, 0.29) is 0 Å². The third kappa shape index (κ3) is 2.76. The molecule has 0 aliphatic carbocycles. The number of hydrogen-bond donors (Lipinski definition) is 0. The van der Waals surface area contributed by atoms with Crippen LogP contribution in [0.3, 0.4) is 0 Å². The highest BCUT2D eigenvalue weighted by Crippen LogP contribution is 2.25. The van der Waals surface area contributed by atoms with E-state index in [1.165, 1.54) is 11.7 Å². The van der Waals surface area contributed by atoms with Crippen molar-refractivity contribution in [1.29, 1.82) is 5.26 Å². The Hall–Kier alpha value is -2.45. The highest BCUT2D eigenvalue weighted by Gasteiger charge is 2.02. The Bertz CT molecular complexity index is 759. The van der Waals surface area contributed by atoms with Gasteiger partial charge in [0.05, 0.1) is 17.8 Å². The lowest BCUT2D eigenvalue weighted by Crippen LogP contribution is -1.87. The van der Waals surface area contributed by atoms with Crippen LogP contribution in [0.5, 0.6) is 11.5 Å². The third-order valence-corrected chi connectivity index (χ3v) is 3.47. The number of aryl methyl sites for hydroxylation is 1. The molecular formula is C15H11N3OS. The molecule has 4 nitrogen and oxygen atoms in total. The number of benzene rings is 2. The topological polar surface area (TPSA) is 58.8 Å². The molecule has 0 aliphatic rings. The maximum atomic E-state index is 8.56. The monoisotopic (exact) mass is 281 g/mol. The molecule has 0 saturated carbocycles. The first-order valence-electron chi connectivity index (χ1n) is 6.21. The van der Waals surface area contributed by atoms with Crippen LogP contribution in [0.15, 0.2) is 42.5 Å². The maximum Gasteiger partial charge on any atom is 0.129 e. The molecule has 5 heteroatoms. The van der Waals surface area contributed by atoms with Crippen molar-refractivity contribution in [3.05, 3.63) is 48.0 Å². The van der Waals surface area contributed by atoms with Crippen LogP contribution < -0.4 is 4.74 Å². The van der Waals surface area contributed by atoms with Crippen molar-refractivity contribution in [1.82, 2.24) is 8.75 Å². The van der Waals surface area contributed by atoms with Crippen LogP contribution in [-0.2, 0) is 6.42 Å². The van der Waals surface area contributed by atoms with E-state index in [2.05, 4.69) is 14.8 Å². The van der Waals surface area contributed by atoms with Gasteiger partial charge in [-0.1, -0.05) is 12.1 Å². The lowest BCUT2D eigenvalue weighted by atomic mass is 10.1. The number of nitrogens with zero attached hydrogens (tertiary/aromatic N) is 3. The van der Waals surface area contributed by atoms with Crippen molar-refractivity contribution in [2.75, 3.05) is 0 Å². The minimum absolute atomic E-state index is 0.535. The Morgan fingerprint density at radius 3 is 2.55 bits per heavy atom. The van der Waals surface area contributed by atoms with Crippen molar-refractivity contribution in [3.8, 4) is 17.6 Å². The van der Waals surface area contributed by atoms with Crippen LogP contribution >= 0.6 is 11.7 Å². The Morgan fingerprint density at radius 2 is 1.75 bits per heavy atom.